The molecule has 3 aliphatic heterocycles. The summed E-state index contributed by atoms with van der Waals surface area (Å²) in [5.74, 6) is 0.504. The lowest BCUT2D eigenvalue weighted by Gasteiger charge is -2.47. The topological polar surface area (TPSA) is 26.5 Å². The Kier molecular flexibility index (Phi) is 6.18. The molecule has 3 heterocycles. The number of aryl methyl sites for hydroxylation is 1. The van der Waals surface area contributed by atoms with Gasteiger partial charge in [-0.1, -0.05) is 34.6 Å². The first-order valence-corrected chi connectivity index (χ1v) is 14.4. The number of hydrogen-bond acceptors (Lipinski definition) is 2. The maximum absolute atomic E-state index is 11.2. The van der Waals surface area contributed by atoms with Crippen molar-refractivity contribution in [2.75, 3.05) is 25.0 Å². The number of aliphatic hydroxyl groups excluding tert-OH is 1. The molecule has 0 bridgehead atoms. The molecule has 6 rings (SSSR count). The Bertz CT molecular complexity index is 1340. The van der Waals surface area contributed by atoms with Crippen molar-refractivity contribution < 1.29 is 5.11 Å². The average Bonchev–Trinajstić information content (AvgIpc) is 2.83. The number of rotatable bonds is 1. The predicted octanol–water partition coefficient (Wildman–Crippen LogP) is 5.04. The molecule has 2 atom stereocenters. The number of nitrogens with zero attached hydrogens (tertiary/aromatic N) is 2. The molecule has 0 spiro atoms. The third-order valence-electron chi connectivity index (χ3n) is 9.59. The average molecular weight is 488 g/mol. The van der Waals surface area contributed by atoms with Crippen LogP contribution in [0.1, 0.15) is 114 Å². The molecule has 2 aromatic rings. The van der Waals surface area contributed by atoms with Gasteiger partial charge in [0.2, 0.25) is 5.36 Å². The van der Waals surface area contributed by atoms with Crippen LogP contribution in [-0.4, -0.2) is 36.9 Å². The lowest BCUT2D eigenvalue weighted by Crippen LogP contribution is -2.49. The lowest BCUT2D eigenvalue weighted by atomic mass is 9.65. The number of aliphatic hydroxyl groups is 1. The second-order valence-corrected chi connectivity index (χ2v) is 12.6. The van der Waals surface area contributed by atoms with Gasteiger partial charge in [-0.2, -0.15) is 0 Å². The summed E-state index contributed by atoms with van der Waals surface area (Å²) in [4.78, 5) is 2.49. The molecular weight excluding hydrogens is 440 g/mol. The van der Waals surface area contributed by atoms with Crippen molar-refractivity contribution in [3.05, 3.63) is 62.2 Å². The Balaban J connectivity index is 0.00000130. The van der Waals surface area contributed by atoms with Crippen molar-refractivity contribution in [2.45, 2.75) is 110 Å². The van der Waals surface area contributed by atoms with Gasteiger partial charge in [-0.15, -0.1) is 0 Å². The van der Waals surface area contributed by atoms with Gasteiger partial charge in [0.1, 0.15) is 13.1 Å². The quantitative estimate of drug-likeness (QED) is 0.571. The van der Waals surface area contributed by atoms with E-state index >= 15 is 0 Å². The van der Waals surface area contributed by atoms with E-state index in [1.807, 2.05) is 20.8 Å². The Labute approximate surface area is 218 Å². The smallest absolute Gasteiger partial charge is 0.206 e. The van der Waals surface area contributed by atoms with Crippen LogP contribution in [0.25, 0.3) is 5.57 Å². The van der Waals surface area contributed by atoms with E-state index in [-0.39, 0.29) is 11.0 Å². The molecule has 2 aromatic carbocycles. The second kappa shape index (κ2) is 8.72. The van der Waals surface area contributed by atoms with Crippen LogP contribution in [0, 0.1) is 0 Å². The normalized spacial score (nSPS) is 23.5. The molecule has 0 saturated carbocycles. The van der Waals surface area contributed by atoms with Gasteiger partial charge in [0.25, 0.3) is 0 Å². The molecule has 4 aliphatic rings. The molecule has 194 valence electrons. The van der Waals surface area contributed by atoms with Gasteiger partial charge in [0.15, 0.2) is 0 Å². The first-order chi connectivity index (χ1) is 17.0. The minimum Gasteiger partial charge on any atom is -0.389 e. The number of anilines is 1. The van der Waals surface area contributed by atoms with Crippen LogP contribution >= 0.6 is 0 Å². The highest BCUT2D eigenvalue weighted by atomic mass is 16.3. The van der Waals surface area contributed by atoms with Gasteiger partial charge < -0.3 is 10.0 Å². The summed E-state index contributed by atoms with van der Waals surface area (Å²) >= 11 is 0. The van der Waals surface area contributed by atoms with E-state index in [2.05, 4.69) is 69.3 Å². The van der Waals surface area contributed by atoms with Gasteiger partial charge in [0.05, 0.1) is 6.10 Å². The van der Waals surface area contributed by atoms with Crippen molar-refractivity contribution in [1.29, 1.82) is 0 Å². The molecule has 1 aliphatic carbocycles. The lowest BCUT2D eigenvalue weighted by molar-refractivity contribution is 0.252. The van der Waals surface area contributed by atoms with Gasteiger partial charge >= 0.3 is 0 Å². The van der Waals surface area contributed by atoms with Crippen LogP contribution in [0.2, 0.25) is 0 Å². The number of benzene rings is 2. The van der Waals surface area contributed by atoms with E-state index in [1.165, 1.54) is 70.0 Å². The van der Waals surface area contributed by atoms with E-state index in [4.69, 9.17) is 0 Å². The second-order valence-electron chi connectivity index (χ2n) is 12.6. The van der Waals surface area contributed by atoms with Crippen molar-refractivity contribution in [1.82, 2.24) is 4.58 Å². The first-order valence-electron chi connectivity index (χ1n) is 14.4. The summed E-state index contributed by atoms with van der Waals surface area (Å²) in [7, 11) is 2.26. The largest absolute Gasteiger partial charge is 0.389 e. The fourth-order valence-electron chi connectivity index (χ4n) is 7.87. The van der Waals surface area contributed by atoms with Crippen LogP contribution in [0.3, 0.4) is 0 Å². The zero-order valence-corrected chi connectivity index (χ0v) is 24.2. The molecule has 36 heavy (non-hydrogen) atoms. The van der Waals surface area contributed by atoms with Crippen molar-refractivity contribution in [3.63, 3.8) is 0 Å². The van der Waals surface area contributed by atoms with Crippen LogP contribution in [0.4, 0.5) is 5.69 Å². The SMILES string of the molecule is CC.CC(O)C1=c2cc3c4c(c2C(C)(C)c2cc5c(cc21)C(C)CC(C)(C)N5C)CCC[N+]=4CCC3. The minimum absolute atomic E-state index is 0.103. The van der Waals surface area contributed by atoms with E-state index in [1.54, 1.807) is 5.56 Å². The maximum atomic E-state index is 11.2. The van der Waals surface area contributed by atoms with Crippen molar-refractivity contribution >= 4 is 11.3 Å². The predicted molar refractivity (Wildman–Crippen MR) is 153 cm³/mol. The molecule has 1 N–H and O–H groups in total. The summed E-state index contributed by atoms with van der Waals surface area (Å²) in [5, 5.41) is 14.1. The van der Waals surface area contributed by atoms with E-state index in [0.717, 1.165) is 24.8 Å². The summed E-state index contributed by atoms with van der Waals surface area (Å²) in [6.07, 6.45) is 5.44. The molecular formula is C33H47N2O+. The highest BCUT2D eigenvalue weighted by molar-refractivity contribution is 5.81. The van der Waals surface area contributed by atoms with Gasteiger partial charge in [0, 0.05) is 47.7 Å². The Morgan fingerprint density at radius 2 is 1.69 bits per heavy atom. The first kappa shape index (κ1) is 25.5. The fraction of sp³-hybridized carbons (Fsp3) is 0.606. The monoisotopic (exact) mass is 487 g/mol. The fourth-order valence-corrected chi connectivity index (χ4v) is 7.87. The standard InChI is InChI=1S/C31H41N2O.C2H6/c1-18-17-30(3,4)32(7)26-16-25-23(15-22(18)26)27(19(2)34)24-14-20-10-8-12-33-13-9-11-21(29(20)33)28(24)31(25,5)6;1-2/h14-16,18-19,34H,8-13,17H2,1-7H3;1-2H3/q+1;. The maximum Gasteiger partial charge on any atom is 0.206 e. The van der Waals surface area contributed by atoms with Crippen LogP contribution in [0.15, 0.2) is 18.2 Å². The highest BCUT2D eigenvalue weighted by Crippen LogP contribution is 2.48. The Morgan fingerprint density at radius 3 is 2.36 bits per heavy atom. The van der Waals surface area contributed by atoms with E-state index < -0.39 is 6.10 Å². The molecule has 0 fully saturated rings. The Morgan fingerprint density at radius 1 is 1.03 bits per heavy atom. The third kappa shape index (κ3) is 3.52. The van der Waals surface area contributed by atoms with Gasteiger partial charge in [-0.05, 0) is 97.2 Å². The zero-order valence-electron chi connectivity index (χ0n) is 24.2. The third-order valence-corrected chi connectivity index (χ3v) is 9.59. The van der Waals surface area contributed by atoms with Gasteiger partial charge in [-0.3, -0.25) is 0 Å². The molecule has 3 heteroatoms. The summed E-state index contributed by atoms with van der Waals surface area (Å²) < 4.78 is 2.65. The van der Waals surface area contributed by atoms with E-state index in [0.29, 0.717) is 5.92 Å². The van der Waals surface area contributed by atoms with Crippen LogP contribution in [0.5, 0.6) is 0 Å². The van der Waals surface area contributed by atoms with Gasteiger partial charge in [-0.25, -0.2) is 4.58 Å². The molecule has 3 nitrogen and oxygen atoms in total. The van der Waals surface area contributed by atoms with E-state index in [9.17, 15) is 5.11 Å². The van der Waals surface area contributed by atoms with Crippen LogP contribution in [-0.2, 0) is 18.3 Å². The molecule has 0 amide bonds. The van der Waals surface area contributed by atoms with Crippen molar-refractivity contribution in [2.24, 2.45) is 0 Å². The number of hydrogen-bond donors (Lipinski definition) is 1. The molecule has 0 saturated heterocycles. The van der Waals surface area contributed by atoms with Crippen molar-refractivity contribution in [3.8, 4) is 0 Å². The summed E-state index contributed by atoms with van der Waals surface area (Å²) in [6, 6.07) is 7.40. The molecule has 0 radical (unpaired) electrons. The Hall–Kier alpha value is -2.13. The summed E-state index contributed by atoms with van der Waals surface area (Å²) in [6.45, 7) is 20.3. The highest BCUT2D eigenvalue weighted by Gasteiger charge is 2.42. The zero-order chi connectivity index (χ0) is 26.2. The minimum atomic E-state index is -0.492. The molecule has 2 unspecified atom stereocenters. The van der Waals surface area contributed by atoms with Crippen LogP contribution < -0.4 is 20.1 Å². The number of fused-ring (bicyclic) bond motifs is 4. The summed E-state index contributed by atoms with van der Waals surface area (Å²) in [5.41, 5.74) is 11.2. The molecule has 0 aromatic heterocycles.